The van der Waals surface area contributed by atoms with Gasteiger partial charge in [-0.2, -0.15) is 0 Å². The minimum Gasteiger partial charge on any atom is -0.496 e. The van der Waals surface area contributed by atoms with Crippen molar-refractivity contribution in [1.29, 1.82) is 0 Å². The maximum Gasteiger partial charge on any atom is 0.187 e. The first-order valence-corrected chi connectivity index (χ1v) is 8.33. The standard InChI is InChI=1S/C16H13IN2OS/c1-20-15-5-3-2-4-13(15)14-10-21-16(19-14)18-12-8-6-11(17)7-9-12/h2-10H,1H3,(H,18,19). The predicted octanol–water partition coefficient (Wildman–Crippen LogP) is 5.17. The monoisotopic (exact) mass is 408 g/mol. The normalized spacial score (nSPS) is 10.4. The van der Waals surface area contributed by atoms with Gasteiger partial charge in [0.2, 0.25) is 0 Å². The fraction of sp³-hybridized carbons (Fsp3) is 0.0625. The Hall–Kier alpha value is -1.60. The number of methoxy groups -OCH3 is 1. The van der Waals surface area contributed by atoms with E-state index in [1.165, 1.54) is 3.57 Å². The van der Waals surface area contributed by atoms with Gasteiger partial charge in [-0.25, -0.2) is 4.98 Å². The van der Waals surface area contributed by atoms with E-state index < -0.39 is 0 Å². The van der Waals surface area contributed by atoms with E-state index in [-0.39, 0.29) is 0 Å². The number of ether oxygens (including phenoxy) is 1. The summed E-state index contributed by atoms with van der Waals surface area (Å²) in [5.41, 5.74) is 2.97. The van der Waals surface area contributed by atoms with Crippen LogP contribution in [0.4, 0.5) is 10.8 Å². The second-order valence-electron chi connectivity index (χ2n) is 4.37. The molecule has 0 aliphatic heterocycles. The van der Waals surface area contributed by atoms with Crippen molar-refractivity contribution in [3.8, 4) is 17.0 Å². The zero-order valence-corrected chi connectivity index (χ0v) is 14.3. The number of thiazole rings is 1. The summed E-state index contributed by atoms with van der Waals surface area (Å²) in [6.45, 7) is 0. The Kier molecular flexibility index (Phi) is 4.40. The van der Waals surface area contributed by atoms with Gasteiger partial charge in [0.05, 0.1) is 12.8 Å². The van der Waals surface area contributed by atoms with E-state index in [2.05, 4.69) is 45.0 Å². The van der Waals surface area contributed by atoms with Crippen LogP contribution < -0.4 is 10.1 Å². The third kappa shape index (κ3) is 3.36. The quantitative estimate of drug-likeness (QED) is 0.605. The lowest BCUT2D eigenvalue weighted by Gasteiger charge is -2.05. The molecule has 0 saturated heterocycles. The number of anilines is 2. The minimum atomic E-state index is 0.837. The molecule has 0 bridgehead atoms. The number of hydrogen-bond donors (Lipinski definition) is 1. The van der Waals surface area contributed by atoms with Crippen molar-refractivity contribution >= 4 is 44.7 Å². The smallest absolute Gasteiger partial charge is 0.187 e. The molecule has 3 rings (SSSR count). The average Bonchev–Trinajstić information content (AvgIpc) is 2.98. The van der Waals surface area contributed by atoms with E-state index in [9.17, 15) is 0 Å². The van der Waals surface area contributed by atoms with Crippen LogP contribution in [0.3, 0.4) is 0 Å². The number of nitrogens with zero attached hydrogens (tertiary/aromatic N) is 1. The number of benzene rings is 2. The third-order valence-electron chi connectivity index (χ3n) is 2.98. The number of nitrogens with one attached hydrogen (secondary N) is 1. The van der Waals surface area contributed by atoms with Crippen molar-refractivity contribution < 1.29 is 4.74 Å². The van der Waals surface area contributed by atoms with Crippen LogP contribution in [0.1, 0.15) is 0 Å². The predicted molar refractivity (Wildman–Crippen MR) is 96.5 cm³/mol. The molecule has 1 heterocycles. The molecular weight excluding hydrogens is 395 g/mol. The summed E-state index contributed by atoms with van der Waals surface area (Å²) in [5, 5.41) is 6.23. The highest BCUT2D eigenvalue weighted by atomic mass is 127. The molecule has 1 aromatic heterocycles. The molecule has 21 heavy (non-hydrogen) atoms. The molecule has 0 spiro atoms. The summed E-state index contributed by atoms with van der Waals surface area (Å²) in [6, 6.07) is 16.1. The number of aromatic nitrogens is 1. The largest absolute Gasteiger partial charge is 0.496 e. The average molecular weight is 408 g/mol. The Labute approximate surface area is 141 Å². The maximum absolute atomic E-state index is 5.38. The fourth-order valence-corrected chi connectivity index (χ4v) is 3.06. The highest BCUT2D eigenvalue weighted by Crippen LogP contribution is 2.32. The van der Waals surface area contributed by atoms with Gasteiger partial charge in [-0.05, 0) is 59.0 Å². The summed E-state index contributed by atoms with van der Waals surface area (Å²) in [4.78, 5) is 4.63. The van der Waals surface area contributed by atoms with Crippen molar-refractivity contribution in [3.05, 3.63) is 57.5 Å². The van der Waals surface area contributed by atoms with Gasteiger partial charge in [-0.3, -0.25) is 0 Å². The van der Waals surface area contributed by atoms with Crippen LogP contribution in [-0.4, -0.2) is 12.1 Å². The Morgan fingerprint density at radius 3 is 2.62 bits per heavy atom. The molecule has 0 radical (unpaired) electrons. The van der Waals surface area contributed by atoms with Gasteiger partial charge >= 0.3 is 0 Å². The molecule has 2 aromatic carbocycles. The summed E-state index contributed by atoms with van der Waals surface area (Å²) in [6.07, 6.45) is 0. The van der Waals surface area contributed by atoms with Crippen molar-refractivity contribution in [2.24, 2.45) is 0 Å². The molecule has 0 fully saturated rings. The van der Waals surface area contributed by atoms with E-state index in [1.807, 2.05) is 41.8 Å². The maximum atomic E-state index is 5.38. The zero-order valence-electron chi connectivity index (χ0n) is 11.3. The first-order valence-electron chi connectivity index (χ1n) is 6.38. The molecule has 0 aliphatic rings. The first kappa shape index (κ1) is 14.3. The van der Waals surface area contributed by atoms with Crippen LogP contribution >= 0.6 is 33.9 Å². The molecule has 5 heteroatoms. The Bertz CT molecular complexity index is 740. The summed E-state index contributed by atoms with van der Waals surface area (Å²) >= 11 is 3.88. The van der Waals surface area contributed by atoms with Crippen molar-refractivity contribution in [1.82, 2.24) is 4.98 Å². The summed E-state index contributed by atoms with van der Waals surface area (Å²) in [7, 11) is 1.68. The second kappa shape index (κ2) is 6.44. The molecule has 0 aliphatic carbocycles. The Balaban J connectivity index is 1.84. The molecule has 0 saturated carbocycles. The molecule has 0 amide bonds. The third-order valence-corrected chi connectivity index (χ3v) is 4.46. The SMILES string of the molecule is COc1ccccc1-c1csc(Nc2ccc(I)cc2)n1. The van der Waals surface area contributed by atoms with Crippen LogP contribution in [0.2, 0.25) is 0 Å². The van der Waals surface area contributed by atoms with Gasteiger partial charge in [0.1, 0.15) is 5.75 Å². The van der Waals surface area contributed by atoms with Crippen molar-refractivity contribution in [3.63, 3.8) is 0 Å². The molecule has 3 nitrogen and oxygen atoms in total. The number of hydrogen-bond acceptors (Lipinski definition) is 4. The van der Waals surface area contributed by atoms with Gasteiger partial charge in [-0.15, -0.1) is 11.3 Å². The molecule has 3 aromatic rings. The molecular formula is C16H13IN2OS. The van der Waals surface area contributed by atoms with Gasteiger partial charge < -0.3 is 10.1 Å². The van der Waals surface area contributed by atoms with Crippen molar-refractivity contribution in [2.45, 2.75) is 0 Å². The topological polar surface area (TPSA) is 34.1 Å². The van der Waals surface area contributed by atoms with Gasteiger partial charge in [-0.1, -0.05) is 12.1 Å². The van der Waals surface area contributed by atoms with Crippen LogP contribution in [0.5, 0.6) is 5.75 Å². The van der Waals surface area contributed by atoms with E-state index in [0.717, 1.165) is 27.8 Å². The highest BCUT2D eigenvalue weighted by molar-refractivity contribution is 14.1. The molecule has 1 N–H and O–H groups in total. The van der Waals surface area contributed by atoms with Crippen LogP contribution in [0.25, 0.3) is 11.3 Å². The number of rotatable bonds is 4. The highest BCUT2D eigenvalue weighted by Gasteiger charge is 2.09. The lowest BCUT2D eigenvalue weighted by atomic mass is 10.1. The lowest BCUT2D eigenvalue weighted by Crippen LogP contribution is -1.90. The second-order valence-corrected chi connectivity index (χ2v) is 6.47. The van der Waals surface area contributed by atoms with Gasteiger partial charge in [0.15, 0.2) is 5.13 Å². The van der Waals surface area contributed by atoms with Gasteiger partial charge in [0, 0.05) is 20.2 Å². The fourth-order valence-electron chi connectivity index (χ4n) is 1.97. The van der Waals surface area contributed by atoms with Crippen LogP contribution in [0, 0.1) is 3.57 Å². The number of halogens is 1. The van der Waals surface area contributed by atoms with Crippen molar-refractivity contribution in [2.75, 3.05) is 12.4 Å². The van der Waals surface area contributed by atoms with E-state index in [4.69, 9.17) is 4.74 Å². The first-order chi connectivity index (χ1) is 10.3. The summed E-state index contributed by atoms with van der Waals surface area (Å²) in [5.74, 6) is 0.837. The van der Waals surface area contributed by atoms with Crippen LogP contribution in [0.15, 0.2) is 53.9 Å². The van der Waals surface area contributed by atoms with E-state index in [1.54, 1.807) is 18.4 Å². The number of para-hydroxylation sites is 1. The molecule has 0 atom stereocenters. The Morgan fingerprint density at radius 1 is 1.10 bits per heavy atom. The van der Waals surface area contributed by atoms with E-state index >= 15 is 0 Å². The molecule has 0 unspecified atom stereocenters. The van der Waals surface area contributed by atoms with Crippen LogP contribution in [-0.2, 0) is 0 Å². The lowest BCUT2D eigenvalue weighted by molar-refractivity contribution is 0.416. The molecule has 106 valence electrons. The summed E-state index contributed by atoms with van der Waals surface area (Å²) < 4.78 is 6.60. The minimum absolute atomic E-state index is 0.837. The van der Waals surface area contributed by atoms with Gasteiger partial charge in [0.25, 0.3) is 0 Å². The Morgan fingerprint density at radius 2 is 1.86 bits per heavy atom. The van der Waals surface area contributed by atoms with E-state index in [0.29, 0.717) is 0 Å². The zero-order chi connectivity index (χ0) is 14.7.